The summed E-state index contributed by atoms with van der Waals surface area (Å²) >= 11 is 1.14. The predicted molar refractivity (Wildman–Crippen MR) is 120 cm³/mol. The first-order valence-electron chi connectivity index (χ1n) is 9.85. The molecule has 11 heteroatoms. The van der Waals surface area contributed by atoms with Crippen molar-refractivity contribution in [1.29, 1.82) is 0 Å². The van der Waals surface area contributed by atoms with Gasteiger partial charge in [0.2, 0.25) is 10.0 Å². The summed E-state index contributed by atoms with van der Waals surface area (Å²) in [7, 11) is -3.88. The molecule has 0 spiro atoms. The fraction of sp³-hybridized carbons (Fsp3) is 0.286. The van der Waals surface area contributed by atoms with Crippen LogP contribution in [0.5, 0.6) is 5.75 Å². The van der Waals surface area contributed by atoms with Crippen molar-refractivity contribution in [1.82, 2.24) is 4.57 Å². The molecule has 2 aromatic carbocycles. The Bertz CT molecular complexity index is 1280. The van der Waals surface area contributed by atoms with Crippen molar-refractivity contribution in [2.24, 2.45) is 10.1 Å². The number of hydrogen-bond acceptors (Lipinski definition) is 7. The summed E-state index contributed by atoms with van der Waals surface area (Å²) in [6, 6.07) is 13.5. The zero-order valence-corrected chi connectivity index (χ0v) is 19.0. The lowest BCUT2D eigenvalue weighted by Crippen LogP contribution is -2.20. The van der Waals surface area contributed by atoms with Gasteiger partial charge in [-0.15, -0.1) is 0 Å². The Morgan fingerprint density at radius 3 is 2.56 bits per heavy atom. The largest absolute Gasteiger partial charge is 0.493 e. The highest BCUT2D eigenvalue weighted by Crippen LogP contribution is 2.21. The molecule has 0 fully saturated rings. The number of amides is 1. The van der Waals surface area contributed by atoms with Crippen LogP contribution in [-0.4, -0.2) is 38.1 Å². The predicted octanol–water partition coefficient (Wildman–Crippen LogP) is 2.20. The molecule has 3 rings (SSSR count). The number of fused-ring (bicyclic) bond motifs is 1. The SMILES string of the molecule is CCOC(=O)CCn1c(=NC(=O)CCOc2ccccc2)sc2cc(S(N)(=O)=O)ccc21. The average Bonchev–Trinajstić information content (AvgIpc) is 3.08. The number of esters is 1. The van der Waals surface area contributed by atoms with E-state index in [-0.39, 0.29) is 43.5 Å². The summed E-state index contributed by atoms with van der Waals surface area (Å²) in [5.74, 6) is -0.125. The highest BCUT2D eigenvalue weighted by atomic mass is 32.2. The summed E-state index contributed by atoms with van der Waals surface area (Å²) in [6.45, 7) is 2.37. The van der Waals surface area contributed by atoms with Crippen LogP contribution in [0.25, 0.3) is 10.2 Å². The van der Waals surface area contributed by atoms with Gasteiger partial charge in [-0.2, -0.15) is 4.99 Å². The third-order valence-electron chi connectivity index (χ3n) is 4.38. The number of sulfonamides is 1. The van der Waals surface area contributed by atoms with Crippen LogP contribution in [-0.2, 0) is 30.9 Å². The lowest BCUT2D eigenvalue weighted by Gasteiger charge is -2.06. The van der Waals surface area contributed by atoms with Crippen LogP contribution in [0.4, 0.5) is 0 Å². The van der Waals surface area contributed by atoms with Gasteiger partial charge in [0.15, 0.2) is 4.80 Å². The van der Waals surface area contributed by atoms with Gasteiger partial charge in [-0.1, -0.05) is 29.5 Å². The number of thiazole rings is 1. The van der Waals surface area contributed by atoms with E-state index in [2.05, 4.69) is 4.99 Å². The molecule has 0 aliphatic heterocycles. The third kappa shape index (κ3) is 6.25. The van der Waals surface area contributed by atoms with Gasteiger partial charge in [-0.25, -0.2) is 13.6 Å². The molecule has 2 N–H and O–H groups in total. The van der Waals surface area contributed by atoms with Crippen LogP contribution in [0, 0.1) is 0 Å². The second-order valence-electron chi connectivity index (χ2n) is 6.68. The van der Waals surface area contributed by atoms with Crippen molar-refractivity contribution in [3.63, 3.8) is 0 Å². The van der Waals surface area contributed by atoms with Crippen LogP contribution >= 0.6 is 11.3 Å². The fourth-order valence-electron chi connectivity index (χ4n) is 2.90. The van der Waals surface area contributed by atoms with Gasteiger partial charge in [-0.05, 0) is 37.3 Å². The summed E-state index contributed by atoms with van der Waals surface area (Å²) in [6.07, 6.45) is 0.137. The maximum absolute atomic E-state index is 12.4. The van der Waals surface area contributed by atoms with Crippen LogP contribution < -0.4 is 14.7 Å². The molecular formula is C21H23N3O6S2. The highest BCUT2D eigenvalue weighted by Gasteiger charge is 2.14. The summed E-state index contributed by atoms with van der Waals surface area (Å²) in [4.78, 5) is 28.7. The molecule has 0 bridgehead atoms. The number of ether oxygens (including phenoxy) is 2. The van der Waals surface area contributed by atoms with Crippen molar-refractivity contribution in [2.45, 2.75) is 31.2 Å². The van der Waals surface area contributed by atoms with Gasteiger partial charge in [0.25, 0.3) is 5.91 Å². The Morgan fingerprint density at radius 2 is 1.88 bits per heavy atom. The summed E-state index contributed by atoms with van der Waals surface area (Å²) < 4.78 is 36.2. The molecule has 0 saturated heterocycles. The molecule has 1 amide bonds. The Hall–Kier alpha value is -3.02. The van der Waals surface area contributed by atoms with E-state index in [1.807, 2.05) is 18.2 Å². The van der Waals surface area contributed by atoms with Crippen LogP contribution in [0.2, 0.25) is 0 Å². The number of aryl methyl sites for hydroxylation is 1. The monoisotopic (exact) mass is 477 g/mol. The maximum Gasteiger partial charge on any atom is 0.307 e. The van der Waals surface area contributed by atoms with Gasteiger partial charge < -0.3 is 14.0 Å². The molecule has 170 valence electrons. The molecule has 1 heterocycles. The van der Waals surface area contributed by atoms with E-state index < -0.39 is 15.9 Å². The third-order valence-corrected chi connectivity index (χ3v) is 6.33. The van der Waals surface area contributed by atoms with Crippen molar-refractivity contribution >= 4 is 43.5 Å². The molecular weight excluding hydrogens is 454 g/mol. The van der Waals surface area contributed by atoms with Gasteiger partial charge in [-0.3, -0.25) is 9.59 Å². The first kappa shape index (κ1) is 23.6. The minimum Gasteiger partial charge on any atom is -0.493 e. The van der Waals surface area contributed by atoms with E-state index in [9.17, 15) is 18.0 Å². The minimum absolute atomic E-state index is 0.0436. The zero-order chi connectivity index (χ0) is 23.1. The Balaban J connectivity index is 1.87. The van der Waals surface area contributed by atoms with Gasteiger partial charge in [0.1, 0.15) is 5.75 Å². The number of nitrogens with two attached hydrogens (primary N) is 1. The molecule has 9 nitrogen and oxygen atoms in total. The standard InChI is InChI=1S/C21H23N3O6S2/c1-2-29-20(26)10-12-24-17-9-8-16(32(22,27)28)14-18(17)31-21(24)23-19(25)11-13-30-15-6-4-3-5-7-15/h3-9,14H,2,10-13H2,1H3,(H2,22,27,28). The molecule has 0 atom stereocenters. The van der Waals surface area contributed by atoms with E-state index in [0.29, 0.717) is 20.8 Å². The number of nitrogens with zero attached hydrogens (tertiary/aromatic N) is 2. The van der Waals surface area contributed by atoms with E-state index in [1.54, 1.807) is 29.7 Å². The fourth-order valence-corrected chi connectivity index (χ4v) is 4.63. The minimum atomic E-state index is -3.88. The summed E-state index contributed by atoms with van der Waals surface area (Å²) in [5.41, 5.74) is 0.638. The van der Waals surface area contributed by atoms with Gasteiger partial charge in [0.05, 0.1) is 41.2 Å². The first-order chi connectivity index (χ1) is 15.3. The first-order valence-corrected chi connectivity index (χ1v) is 12.2. The molecule has 0 radical (unpaired) electrons. The number of rotatable bonds is 9. The molecule has 0 aliphatic carbocycles. The Kier molecular flexibility index (Phi) is 7.78. The lowest BCUT2D eigenvalue weighted by molar-refractivity contribution is -0.143. The van der Waals surface area contributed by atoms with Crippen LogP contribution in [0.15, 0.2) is 58.4 Å². The van der Waals surface area contributed by atoms with E-state index in [1.165, 1.54) is 12.1 Å². The van der Waals surface area contributed by atoms with E-state index >= 15 is 0 Å². The number of benzene rings is 2. The number of carbonyl (C=O) groups is 2. The second kappa shape index (κ2) is 10.5. The summed E-state index contributed by atoms with van der Waals surface area (Å²) in [5, 5.41) is 5.23. The van der Waals surface area contributed by atoms with Crippen LogP contribution in [0.3, 0.4) is 0 Å². The lowest BCUT2D eigenvalue weighted by atomic mass is 10.3. The normalized spacial score (nSPS) is 12.1. The van der Waals surface area contributed by atoms with Crippen molar-refractivity contribution < 1.29 is 27.5 Å². The molecule has 0 unspecified atom stereocenters. The molecule has 1 aromatic heterocycles. The number of carbonyl (C=O) groups excluding carboxylic acids is 2. The van der Waals surface area contributed by atoms with E-state index in [4.69, 9.17) is 14.6 Å². The topological polar surface area (TPSA) is 130 Å². The number of hydrogen-bond donors (Lipinski definition) is 1. The van der Waals surface area contributed by atoms with Gasteiger partial charge in [0, 0.05) is 6.54 Å². The Morgan fingerprint density at radius 1 is 1.12 bits per heavy atom. The van der Waals surface area contributed by atoms with E-state index in [0.717, 1.165) is 11.3 Å². The zero-order valence-electron chi connectivity index (χ0n) is 17.4. The average molecular weight is 478 g/mol. The van der Waals surface area contributed by atoms with Crippen molar-refractivity contribution in [3.8, 4) is 5.75 Å². The molecule has 0 saturated carbocycles. The molecule has 3 aromatic rings. The van der Waals surface area contributed by atoms with Gasteiger partial charge >= 0.3 is 5.97 Å². The smallest absolute Gasteiger partial charge is 0.307 e. The quantitative estimate of drug-likeness (QED) is 0.470. The molecule has 0 aliphatic rings. The van der Waals surface area contributed by atoms with Crippen molar-refractivity contribution in [3.05, 3.63) is 53.3 Å². The van der Waals surface area contributed by atoms with Crippen LogP contribution in [0.1, 0.15) is 19.8 Å². The number of aromatic nitrogens is 1. The second-order valence-corrected chi connectivity index (χ2v) is 9.25. The maximum atomic E-state index is 12.4. The van der Waals surface area contributed by atoms with Crippen molar-refractivity contribution in [2.75, 3.05) is 13.2 Å². The highest BCUT2D eigenvalue weighted by molar-refractivity contribution is 7.89. The Labute approximate surface area is 189 Å². The number of primary sulfonamides is 1. The number of para-hydroxylation sites is 1. The molecule has 32 heavy (non-hydrogen) atoms.